The first kappa shape index (κ1) is 69.6. The summed E-state index contributed by atoms with van der Waals surface area (Å²) < 4.78 is 132. The number of amides is 1. The molecule has 19 nitrogen and oxygen atoms in total. The number of hydrogen-bond donors (Lipinski definition) is 3. The number of halogens is 5. The van der Waals surface area contributed by atoms with Crippen molar-refractivity contribution >= 4 is 68.4 Å². The molecule has 1 aliphatic rings. The van der Waals surface area contributed by atoms with Crippen molar-refractivity contribution in [2.45, 2.75) is 35.2 Å². The van der Waals surface area contributed by atoms with E-state index < -0.39 is 15.5 Å². The van der Waals surface area contributed by atoms with Crippen LogP contribution in [0.3, 0.4) is 0 Å². The number of fused-ring (bicyclic) bond motifs is 1. The zero-order valence-electron chi connectivity index (χ0n) is 47.5. The molecule has 4 aromatic carbocycles. The fourth-order valence-corrected chi connectivity index (χ4v) is 9.93. The smallest absolute Gasteiger partial charge is 0.475 e. The number of anilines is 1. The second kappa shape index (κ2) is 39.4. The van der Waals surface area contributed by atoms with Crippen molar-refractivity contribution in [1.82, 2.24) is 14.6 Å². The van der Waals surface area contributed by atoms with Crippen molar-refractivity contribution in [3.8, 4) is 5.88 Å². The van der Waals surface area contributed by atoms with Gasteiger partial charge in [-0.1, -0.05) is 53.5 Å². The van der Waals surface area contributed by atoms with Gasteiger partial charge in [-0.05, 0) is 90.2 Å². The summed E-state index contributed by atoms with van der Waals surface area (Å²) in [6.07, 6.45) is 0.297. The van der Waals surface area contributed by atoms with Gasteiger partial charge in [0.05, 0.1) is 151 Å². The summed E-state index contributed by atoms with van der Waals surface area (Å²) in [7, 11) is -5.44. The van der Waals surface area contributed by atoms with Crippen LogP contribution < -0.4 is 15.4 Å². The Kier molecular flexibility index (Phi) is 32.3. The number of nitrogens with zero attached hydrogens (tertiary/aromatic N) is 2. The van der Waals surface area contributed by atoms with Crippen LogP contribution in [-0.4, -0.2) is 207 Å². The lowest BCUT2D eigenvalue weighted by molar-refractivity contribution is -0.0494. The van der Waals surface area contributed by atoms with Gasteiger partial charge in [0.2, 0.25) is 5.88 Å². The predicted octanol–water partition coefficient (Wildman–Crippen LogP) is 8.73. The van der Waals surface area contributed by atoms with Crippen molar-refractivity contribution < 1.29 is 83.2 Å². The molecule has 1 saturated heterocycles. The third-order valence-electron chi connectivity index (χ3n) is 12.9. The monoisotopic (exact) mass is 1270 g/mol. The maximum absolute atomic E-state index is 13.4. The number of hydrogen-bond acceptors (Lipinski definition) is 18. The minimum Gasteiger partial charge on any atom is -0.475 e. The van der Waals surface area contributed by atoms with E-state index in [2.05, 4.69) is 23.3 Å². The van der Waals surface area contributed by atoms with E-state index in [0.717, 1.165) is 27.0 Å². The number of alkyl halides is 3. The largest absolute Gasteiger partial charge is 0.511 e. The highest BCUT2D eigenvalue weighted by molar-refractivity contribution is 7.90. The summed E-state index contributed by atoms with van der Waals surface area (Å²) in [5, 5.41) is 8.21. The molecule has 0 aliphatic carbocycles. The molecule has 0 bridgehead atoms. The fraction of sp³-hybridized carbons (Fsp3) is 0.525. The SMILES string of the molecule is O=C(NCCOCCOCCOCCOCCOCCOCCOCCOCCOCCOCCOCCOc1cc(NC2CCN(S(=O)(=O)C(F)(F)F)CC2)c2cc(C(c3ccc(Cl)cc3)c3ccc(Cl)cc3)ccc2n1)c1ccc(S)cc1. The van der Waals surface area contributed by atoms with E-state index in [1.165, 1.54) is 0 Å². The van der Waals surface area contributed by atoms with Crippen molar-refractivity contribution in [2.24, 2.45) is 0 Å². The van der Waals surface area contributed by atoms with E-state index >= 15 is 0 Å². The molecule has 0 saturated carbocycles. The molecule has 0 spiro atoms. The maximum Gasteiger partial charge on any atom is 0.511 e. The van der Waals surface area contributed by atoms with Crippen LogP contribution in [0.4, 0.5) is 18.9 Å². The quantitative estimate of drug-likeness (QED) is 0.0190. The number of carbonyl (C=O) groups excluding carboxylic acids is 1. The van der Waals surface area contributed by atoms with Gasteiger partial charge < -0.3 is 67.5 Å². The molecule has 2 heterocycles. The Hall–Kier alpha value is -4.45. The molecule has 1 aliphatic heterocycles. The van der Waals surface area contributed by atoms with Crippen LogP contribution in [-0.2, 0) is 62.1 Å². The maximum atomic E-state index is 13.4. The summed E-state index contributed by atoms with van der Waals surface area (Å²) >= 11 is 16.8. The number of nitrogens with one attached hydrogen (secondary N) is 2. The number of carbonyl (C=O) groups is 1. The number of piperidine rings is 1. The number of rotatable bonds is 44. The first-order valence-corrected chi connectivity index (χ1v) is 30.8. The number of thiol groups is 1. The number of sulfonamides is 1. The van der Waals surface area contributed by atoms with Crippen LogP contribution in [0.1, 0.15) is 45.8 Å². The minimum atomic E-state index is -5.44. The Bertz CT molecular complexity index is 2730. The normalized spacial score (nSPS) is 13.5. The molecular formula is C59H77Cl2F3N4O15S2. The minimum absolute atomic E-state index is 0.149. The molecule has 6 rings (SSSR count). The zero-order chi connectivity index (χ0) is 60.4. The molecule has 5 aromatic rings. The number of benzene rings is 4. The Morgan fingerprint density at radius 3 is 1.35 bits per heavy atom. The van der Waals surface area contributed by atoms with Gasteiger partial charge in [0.25, 0.3) is 5.91 Å². The lowest BCUT2D eigenvalue weighted by Gasteiger charge is -2.32. The van der Waals surface area contributed by atoms with Gasteiger partial charge in [-0.3, -0.25) is 4.79 Å². The Morgan fingerprint density at radius 1 is 0.553 bits per heavy atom. The van der Waals surface area contributed by atoms with Gasteiger partial charge in [0, 0.05) is 69.2 Å². The van der Waals surface area contributed by atoms with Gasteiger partial charge in [0.1, 0.15) is 6.61 Å². The lowest BCUT2D eigenvalue weighted by atomic mass is 9.84. The lowest BCUT2D eigenvalue weighted by Crippen LogP contribution is -2.47. The van der Waals surface area contributed by atoms with Crippen molar-refractivity contribution in [3.05, 3.63) is 129 Å². The highest BCUT2D eigenvalue weighted by atomic mass is 35.5. The summed E-state index contributed by atoms with van der Waals surface area (Å²) in [5.41, 5.74) is -0.655. The van der Waals surface area contributed by atoms with Crippen LogP contribution in [0.15, 0.2) is 102 Å². The third-order valence-corrected chi connectivity index (χ3v) is 15.3. The summed E-state index contributed by atoms with van der Waals surface area (Å²) in [6.45, 7) is 9.12. The number of aromatic nitrogens is 1. The van der Waals surface area contributed by atoms with Crippen molar-refractivity contribution in [1.29, 1.82) is 0 Å². The molecule has 1 amide bonds. The average molecular weight is 1270 g/mol. The van der Waals surface area contributed by atoms with Gasteiger partial charge in [0.15, 0.2) is 0 Å². The Morgan fingerprint density at radius 2 is 0.941 bits per heavy atom. The molecule has 0 atom stereocenters. The Labute approximate surface area is 511 Å². The standard InChI is InChI=1S/C59H77Cl2F3N4O15S2/c60-49-8-1-45(2-9-49)57(46-3-10-50(61)11-4-46)48-7-14-54-53(43-48)55(66-51-15-18-68(19-16-51)85(70,71)59(62,63)64)44-56(67-54)83-42-41-82-40-39-81-38-37-80-36-35-79-34-33-78-32-31-77-30-29-76-28-27-75-26-25-74-24-23-73-22-21-72-20-17-65-58(69)47-5-12-52(84)13-6-47/h1-14,43-44,51,57,84H,15-42H2,(H,65,69)(H,66,67). The first-order valence-electron chi connectivity index (χ1n) is 28.1. The highest BCUT2D eigenvalue weighted by Crippen LogP contribution is 2.38. The van der Waals surface area contributed by atoms with E-state index in [4.69, 9.17) is 85.0 Å². The van der Waals surface area contributed by atoms with E-state index in [1.54, 1.807) is 30.3 Å². The molecule has 0 unspecified atom stereocenters. The second-order valence-corrected chi connectivity index (χ2v) is 22.3. The topological polar surface area (TPSA) is 202 Å². The number of ether oxygens (including phenoxy) is 12. The second-order valence-electron chi connectivity index (χ2n) is 19.0. The molecule has 1 fully saturated rings. The van der Waals surface area contributed by atoms with Crippen molar-refractivity contribution in [3.63, 3.8) is 0 Å². The fourth-order valence-electron chi connectivity index (χ4n) is 8.54. The third kappa shape index (κ3) is 26.0. The molecular weight excluding hydrogens is 1200 g/mol. The van der Waals surface area contributed by atoms with Gasteiger partial charge >= 0.3 is 15.5 Å². The van der Waals surface area contributed by atoms with Crippen molar-refractivity contribution in [2.75, 3.05) is 177 Å². The molecule has 1 aromatic heterocycles. The molecule has 2 N–H and O–H groups in total. The van der Waals surface area contributed by atoms with Crippen LogP contribution in [0.25, 0.3) is 10.9 Å². The average Bonchev–Trinajstić information content (AvgIpc) is 2.87. The highest BCUT2D eigenvalue weighted by Gasteiger charge is 2.50. The van der Waals surface area contributed by atoms with Crippen LogP contribution in [0.2, 0.25) is 10.0 Å². The summed E-state index contributed by atoms with van der Waals surface area (Å²) in [5.74, 6) is -0.0710. The molecule has 26 heteroatoms. The van der Waals surface area contributed by atoms with Crippen LogP contribution >= 0.6 is 35.8 Å². The molecule has 85 heavy (non-hydrogen) atoms. The van der Waals surface area contributed by atoms with E-state index in [-0.39, 0.29) is 57.0 Å². The zero-order valence-corrected chi connectivity index (χ0v) is 50.7. The molecule has 470 valence electrons. The molecule has 0 radical (unpaired) electrons. The predicted molar refractivity (Wildman–Crippen MR) is 319 cm³/mol. The van der Waals surface area contributed by atoms with Gasteiger partial charge in [-0.2, -0.15) is 17.5 Å². The number of pyridine rings is 1. The van der Waals surface area contributed by atoms with Gasteiger partial charge in [-0.15, -0.1) is 12.6 Å². The van der Waals surface area contributed by atoms with Crippen LogP contribution in [0.5, 0.6) is 5.88 Å². The van der Waals surface area contributed by atoms with E-state index in [9.17, 15) is 26.4 Å². The van der Waals surface area contributed by atoms with E-state index in [1.807, 2.05) is 66.7 Å². The first-order chi connectivity index (χ1) is 41.3. The summed E-state index contributed by atoms with van der Waals surface area (Å²) in [4.78, 5) is 17.6. The van der Waals surface area contributed by atoms with Gasteiger partial charge in [-0.25, -0.2) is 13.4 Å². The van der Waals surface area contributed by atoms with Crippen LogP contribution in [0, 0.1) is 0 Å². The van der Waals surface area contributed by atoms with E-state index in [0.29, 0.717) is 182 Å². The summed E-state index contributed by atoms with van der Waals surface area (Å²) in [6, 6.07) is 29.5. The Balaban J connectivity index is 0.735.